The van der Waals surface area contributed by atoms with Gasteiger partial charge < -0.3 is 19.3 Å². The molecule has 2 rings (SSSR count). The molecule has 0 fully saturated rings. The summed E-state index contributed by atoms with van der Waals surface area (Å²) in [6.45, 7) is 2.65. The Labute approximate surface area is 155 Å². The number of ether oxygens (including phenoxy) is 3. The van der Waals surface area contributed by atoms with Crippen molar-refractivity contribution in [2.24, 2.45) is 0 Å². The highest BCUT2D eigenvalue weighted by Gasteiger charge is 2.28. The average molecular weight is 373 g/mol. The number of pyridine rings is 1. The summed E-state index contributed by atoms with van der Waals surface area (Å²) < 4.78 is 15.1. The van der Waals surface area contributed by atoms with E-state index in [0.717, 1.165) is 0 Å². The van der Waals surface area contributed by atoms with Crippen molar-refractivity contribution in [2.75, 3.05) is 20.8 Å². The molecule has 2 aromatic rings. The maximum absolute atomic E-state index is 12.4. The molecule has 142 valence electrons. The molecular formula is C19H19NO7. The van der Waals surface area contributed by atoms with Gasteiger partial charge in [-0.25, -0.2) is 14.4 Å². The number of hydrogen-bond acceptors (Lipinski definition) is 7. The van der Waals surface area contributed by atoms with Crippen LogP contribution in [0.15, 0.2) is 24.3 Å². The van der Waals surface area contributed by atoms with Crippen LogP contribution in [0.3, 0.4) is 0 Å². The molecule has 0 radical (unpaired) electrons. The van der Waals surface area contributed by atoms with Gasteiger partial charge in [-0.3, -0.25) is 4.98 Å². The van der Waals surface area contributed by atoms with Crippen molar-refractivity contribution in [3.05, 3.63) is 46.8 Å². The predicted octanol–water partition coefficient (Wildman–Crippen LogP) is 2.40. The van der Waals surface area contributed by atoms with Gasteiger partial charge in [0.15, 0.2) is 6.61 Å². The number of aryl methyl sites for hydroxylation is 2. The van der Waals surface area contributed by atoms with Gasteiger partial charge in [-0.1, -0.05) is 18.2 Å². The van der Waals surface area contributed by atoms with Gasteiger partial charge in [0.2, 0.25) is 0 Å². The average Bonchev–Trinajstić information content (AvgIpc) is 2.64. The van der Waals surface area contributed by atoms with Crippen molar-refractivity contribution >= 4 is 17.9 Å². The Kier molecular flexibility index (Phi) is 6.12. The van der Waals surface area contributed by atoms with E-state index < -0.39 is 24.5 Å². The Balaban J connectivity index is 2.87. The van der Waals surface area contributed by atoms with Gasteiger partial charge in [-0.05, 0) is 19.9 Å². The van der Waals surface area contributed by atoms with Crippen LogP contribution < -0.4 is 4.74 Å². The van der Waals surface area contributed by atoms with Gasteiger partial charge in [-0.2, -0.15) is 0 Å². The lowest BCUT2D eigenvalue weighted by molar-refractivity contribution is -0.139. The standard InChI is InChI=1S/C19H19NO7/c1-10-15(18(23)25-3)17(16(11(2)20-10)19(24)26-4)12-7-5-6-8-13(12)27-9-14(21)22/h5-8H,9H2,1-4H3,(H,21,22). The maximum atomic E-state index is 12.4. The Morgan fingerprint density at radius 2 is 1.48 bits per heavy atom. The fraction of sp³-hybridized carbons (Fsp3) is 0.263. The lowest BCUT2D eigenvalue weighted by atomic mass is 9.92. The normalized spacial score (nSPS) is 10.2. The van der Waals surface area contributed by atoms with Crippen LogP contribution in [0, 0.1) is 13.8 Å². The van der Waals surface area contributed by atoms with Gasteiger partial charge in [0.05, 0.1) is 36.7 Å². The summed E-state index contributed by atoms with van der Waals surface area (Å²) in [4.78, 5) is 40.0. The summed E-state index contributed by atoms with van der Waals surface area (Å²) in [5, 5.41) is 8.90. The van der Waals surface area contributed by atoms with E-state index >= 15 is 0 Å². The molecule has 0 saturated heterocycles. The number of nitrogens with zero attached hydrogens (tertiary/aromatic N) is 1. The number of carbonyl (C=O) groups is 3. The van der Waals surface area contributed by atoms with Crippen LogP contribution in [-0.2, 0) is 14.3 Å². The number of aromatic nitrogens is 1. The molecular weight excluding hydrogens is 354 g/mol. The number of benzene rings is 1. The molecule has 0 spiro atoms. The van der Waals surface area contributed by atoms with Crippen molar-refractivity contribution < 1.29 is 33.7 Å². The Bertz CT molecular complexity index is 865. The molecule has 0 bridgehead atoms. The fourth-order valence-corrected chi connectivity index (χ4v) is 2.76. The lowest BCUT2D eigenvalue weighted by Crippen LogP contribution is -2.17. The minimum absolute atomic E-state index is 0.0786. The third-order valence-corrected chi connectivity index (χ3v) is 3.85. The van der Waals surface area contributed by atoms with Crippen LogP contribution in [0.4, 0.5) is 0 Å². The smallest absolute Gasteiger partial charge is 0.341 e. The second kappa shape index (κ2) is 8.31. The minimum Gasteiger partial charge on any atom is -0.481 e. The summed E-state index contributed by atoms with van der Waals surface area (Å²) in [5.41, 5.74) is 1.45. The van der Waals surface area contributed by atoms with Crippen LogP contribution in [0.25, 0.3) is 11.1 Å². The molecule has 1 aromatic carbocycles. The molecule has 0 unspecified atom stereocenters. The number of carboxylic acid groups (broad SMARTS) is 1. The molecule has 1 N–H and O–H groups in total. The highest BCUT2D eigenvalue weighted by atomic mass is 16.5. The molecule has 0 aliphatic heterocycles. The predicted molar refractivity (Wildman–Crippen MR) is 95.0 cm³/mol. The number of methoxy groups -OCH3 is 2. The Morgan fingerprint density at radius 1 is 0.963 bits per heavy atom. The monoisotopic (exact) mass is 373 g/mol. The van der Waals surface area contributed by atoms with Crippen LogP contribution in [0.5, 0.6) is 5.75 Å². The van der Waals surface area contributed by atoms with E-state index in [9.17, 15) is 14.4 Å². The van der Waals surface area contributed by atoms with Crippen LogP contribution >= 0.6 is 0 Å². The summed E-state index contributed by atoms with van der Waals surface area (Å²) in [5.74, 6) is -2.34. The van der Waals surface area contributed by atoms with Crippen molar-refractivity contribution in [2.45, 2.75) is 13.8 Å². The zero-order chi connectivity index (χ0) is 20.1. The summed E-state index contributed by atoms with van der Waals surface area (Å²) in [7, 11) is 2.44. The van der Waals surface area contributed by atoms with E-state index in [0.29, 0.717) is 17.0 Å². The molecule has 0 aliphatic carbocycles. The largest absolute Gasteiger partial charge is 0.481 e. The third-order valence-electron chi connectivity index (χ3n) is 3.85. The van der Waals surface area contributed by atoms with Crippen molar-refractivity contribution in [1.82, 2.24) is 4.98 Å². The Morgan fingerprint density at radius 3 is 1.96 bits per heavy atom. The number of aliphatic carboxylic acids is 1. The van der Waals surface area contributed by atoms with E-state index in [1.807, 2.05) is 0 Å². The molecule has 0 atom stereocenters. The quantitative estimate of drug-likeness (QED) is 0.768. The van der Waals surface area contributed by atoms with E-state index in [1.165, 1.54) is 14.2 Å². The molecule has 0 aliphatic rings. The van der Waals surface area contributed by atoms with E-state index in [4.69, 9.17) is 19.3 Å². The molecule has 8 nitrogen and oxygen atoms in total. The van der Waals surface area contributed by atoms with Crippen molar-refractivity contribution in [1.29, 1.82) is 0 Å². The van der Waals surface area contributed by atoms with Gasteiger partial charge in [-0.15, -0.1) is 0 Å². The summed E-state index contributed by atoms with van der Waals surface area (Å²) >= 11 is 0. The first-order chi connectivity index (χ1) is 12.8. The number of esters is 2. The lowest BCUT2D eigenvalue weighted by Gasteiger charge is -2.19. The first-order valence-electron chi connectivity index (χ1n) is 7.93. The van der Waals surface area contributed by atoms with Crippen molar-refractivity contribution in [3.8, 4) is 16.9 Å². The third kappa shape index (κ3) is 4.05. The highest BCUT2D eigenvalue weighted by Crippen LogP contribution is 2.37. The number of rotatable bonds is 6. The van der Waals surface area contributed by atoms with E-state index in [2.05, 4.69) is 4.98 Å². The van der Waals surface area contributed by atoms with Crippen LogP contribution in [0.2, 0.25) is 0 Å². The van der Waals surface area contributed by atoms with E-state index in [-0.39, 0.29) is 22.4 Å². The summed E-state index contributed by atoms with van der Waals surface area (Å²) in [6.07, 6.45) is 0. The number of carboxylic acids is 1. The highest BCUT2D eigenvalue weighted by molar-refractivity contribution is 6.07. The summed E-state index contributed by atoms with van der Waals surface area (Å²) in [6, 6.07) is 6.49. The molecule has 0 amide bonds. The number of para-hydroxylation sites is 1. The topological polar surface area (TPSA) is 112 Å². The van der Waals surface area contributed by atoms with Gasteiger partial charge in [0.1, 0.15) is 5.75 Å². The molecule has 1 heterocycles. The van der Waals surface area contributed by atoms with Gasteiger partial charge >= 0.3 is 17.9 Å². The molecule has 0 saturated carbocycles. The number of carbonyl (C=O) groups excluding carboxylic acids is 2. The van der Waals surface area contributed by atoms with Crippen LogP contribution in [0.1, 0.15) is 32.1 Å². The minimum atomic E-state index is -1.16. The van der Waals surface area contributed by atoms with Gasteiger partial charge in [0, 0.05) is 11.1 Å². The molecule has 27 heavy (non-hydrogen) atoms. The molecule has 1 aromatic heterocycles. The second-order valence-electron chi connectivity index (χ2n) is 5.57. The van der Waals surface area contributed by atoms with Gasteiger partial charge in [0.25, 0.3) is 0 Å². The Hall–Kier alpha value is -3.42. The molecule has 8 heteroatoms. The zero-order valence-corrected chi connectivity index (χ0v) is 15.4. The first kappa shape index (κ1) is 19.9. The maximum Gasteiger partial charge on any atom is 0.341 e. The second-order valence-corrected chi connectivity index (χ2v) is 5.57. The fourth-order valence-electron chi connectivity index (χ4n) is 2.76. The zero-order valence-electron chi connectivity index (χ0n) is 15.4. The van der Waals surface area contributed by atoms with Crippen LogP contribution in [-0.4, -0.2) is 48.8 Å². The SMILES string of the molecule is COC(=O)c1c(C)nc(C)c(C(=O)OC)c1-c1ccccc1OCC(=O)O. The first-order valence-corrected chi connectivity index (χ1v) is 7.93. The van der Waals surface area contributed by atoms with E-state index in [1.54, 1.807) is 38.1 Å². The van der Waals surface area contributed by atoms with Crippen molar-refractivity contribution in [3.63, 3.8) is 0 Å². The number of hydrogen-bond donors (Lipinski definition) is 1.